The van der Waals surface area contributed by atoms with E-state index in [9.17, 15) is 0 Å². The fourth-order valence-corrected chi connectivity index (χ4v) is 1.34. The van der Waals surface area contributed by atoms with Crippen LogP contribution in [0.4, 0.5) is 5.69 Å². The van der Waals surface area contributed by atoms with E-state index in [2.05, 4.69) is 43.9 Å². The summed E-state index contributed by atoms with van der Waals surface area (Å²) in [4.78, 5) is 0. The molecule has 0 aliphatic rings. The second-order valence-electron chi connectivity index (χ2n) is 3.65. The second-order valence-corrected chi connectivity index (χ2v) is 3.65. The van der Waals surface area contributed by atoms with Gasteiger partial charge < -0.3 is 5.32 Å². The van der Waals surface area contributed by atoms with Crippen LogP contribution in [0.5, 0.6) is 0 Å². The maximum Gasteiger partial charge on any atom is 0.0416 e. The van der Waals surface area contributed by atoms with Crippen molar-refractivity contribution in [3.8, 4) is 0 Å². The molecule has 1 aromatic rings. The van der Waals surface area contributed by atoms with E-state index >= 15 is 0 Å². The van der Waals surface area contributed by atoms with Crippen molar-refractivity contribution in [2.45, 2.75) is 26.7 Å². The lowest BCUT2D eigenvalue weighted by Crippen LogP contribution is -1.99. The first kappa shape index (κ1) is 9.85. The van der Waals surface area contributed by atoms with Crippen molar-refractivity contribution in [1.82, 2.24) is 0 Å². The molecule has 0 fully saturated rings. The number of rotatable bonds is 3. The van der Waals surface area contributed by atoms with Crippen molar-refractivity contribution in [2.75, 3.05) is 5.32 Å². The predicted molar refractivity (Wildman–Crippen MR) is 59.0 cm³/mol. The minimum Gasteiger partial charge on any atom is -0.359 e. The number of hydrogen-bond donors (Lipinski definition) is 1. The van der Waals surface area contributed by atoms with Crippen LogP contribution in [0.15, 0.2) is 36.5 Å². The standard InChI is InChI=1S/C12H17N/c1-9(2)11-7-5-6-8-12(11)13-10(3)4/h5-9,13H,3H2,1-2,4H3. The molecule has 0 heterocycles. The maximum atomic E-state index is 3.84. The van der Waals surface area contributed by atoms with Gasteiger partial charge in [0.1, 0.15) is 0 Å². The molecule has 1 nitrogen and oxygen atoms in total. The van der Waals surface area contributed by atoms with Crippen LogP contribution in [0.25, 0.3) is 0 Å². The van der Waals surface area contributed by atoms with Crippen molar-refractivity contribution in [2.24, 2.45) is 0 Å². The van der Waals surface area contributed by atoms with E-state index < -0.39 is 0 Å². The molecule has 0 aliphatic carbocycles. The molecule has 1 heteroatoms. The molecule has 0 saturated carbocycles. The zero-order valence-electron chi connectivity index (χ0n) is 8.59. The van der Waals surface area contributed by atoms with Gasteiger partial charge in [-0.1, -0.05) is 38.6 Å². The van der Waals surface area contributed by atoms with Crippen LogP contribution in [0.3, 0.4) is 0 Å². The van der Waals surface area contributed by atoms with Gasteiger partial charge in [0, 0.05) is 11.4 Å². The normalized spacial score (nSPS) is 10.2. The molecule has 0 atom stereocenters. The minimum absolute atomic E-state index is 0.544. The number of para-hydroxylation sites is 1. The van der Waals surface area contributed by atoms with Crippen LogP contribution in [0.2, 0.25) is 0 Å². The highest BCUT2D eigenvalue weighted by atomic mass is 14.9. The van der Waals surface area contributed by atoms with E-state index in [-0.39, 0.29) is 0 Å². The summed E-state index contributed by atoms with van der Waals surface area (Å²) in [6, 6.07) is 8.34. The van der Waals surface area contributed by atoms with Crippen molar-refractivity contribution < 1.29 is 0 Å². The lowest BCUT2D eigenvalue weighted by atomic mass is 10.0. The van der Waals surface area contributed by atoms with E-state index in [1.165, 1.54) is 11.3 Å². The Morgan fingerprint density at radius 3 is 2.46 bits per heavy atom. The molecular weight excluding hydrogens is 158 g/mol. The number of anilines is 1. The Kier molecular flexibility index (Phi) is 3.13. The molecular formula is C12H17N. The lowest BCUT2D eigenvalue weighted by molar-refractivity contribution is 0.868. The quantitative estimate of drug-likeness (QED) is 0.737. The summed E-state index contributed by atoms with van der Waals surface area (Å²) in [6.45, 7) is 10.2. The van der Waals surface area contributed by atoms with Crippen molar-refractivity contribution in [3.63, 3.8) is 0 Å². The van der Waals surface area contributed by atoms with Gasteiger partial charge in [0.15, 0.2) is 0 Å². The van der Waals surface area contributed by atoms with E-state index in [1.54, 1.807) is 0 Å². The Labute approximate surface area is 80.5 Å². The number of nitrogens with one attached hydrogen (secondary N) is 1. The molecule has 1 N–H and O–H groups in total. The average molecular weight is 175 g/mol. The van der Waals surface area contributed by atoms with E-state index in [0.29, 0.717) is 5.92 Å². The summed E-state index contributed by atoms with van der Waals surface area (Å²) < 4.78 is 0. The highest BCUT2D eigenvalue weighted by Crippen LogP contribution is 2.24. The fourth-order valence-electron chi connectivity index (χ4n) is 1.34. The van der Waals surface area contributed by atoms with Crippen LogP contribution in [-0.4, -0.2) is 0 Å². The number of benzene rings is 1. The molecule has 0 amide bonds. The zero-order chi connectivity index (χ0) is 9.84. The van der Waals surface area contributed by atoms with Crippen LogP contribution < -0.4 is 5.32 Å². The third kappa shape index (κ3) is 2.62. The monoisotopic (exact) mass is 175 g/mol. The first-order valence-corrected chi connectivity index (χ1v) is 4.62. The maximum absolute atomic E-state index is 3.84. The lowest BCUT2D eigenvalue weighted by Gasteiger charge is -2.13. The zero-order valence-corrected chi connectivity index (χ0v) is 8.59. The van der Waals surface area contributed by atoms with Gasteiger partial charge in [-0.2, -0.15) is 0 Å². The first-order valence-electron chi connectivity index (χ1n) is 4.62. The SMILES string of the molecule is C=C(C)Nc1ccccc1C(C)C. The number of hydrogen-bond acceptors (Lipinski definition) is 1. The topological polar surface area (TPSA) is 12.0 Å². The number of allylic oxidation sites excluding steroid dienone is 1. The summed E-state index contributed by atoms with van der Waals surface area (Å²) in [5.74, 6) is 0.544. The highest BCUT2D eigenvalue weighted by molar-refractivity contribution is 5.55. The van der Waals surface area contributed by atoms with Gasteiger partial charge in [-0.3, -0.25) is 0 Å². The first-order chi connectivity index (χ1) is 6.11. The van der Waals surface area contributed by atoms with Gasteiger partial charge in [0.2, 0.25) is 0 Å². The average Bonchev–Trinajstić information content (AvgIpc) is 2.03. The van der Waals surface area contributed by atoms with Gasteiger partial charge in [0.25, 0.3) is 0 Å². The molecule has 13 heavy (non-hydrogen) atoms. The Hall–Kier alpha value is -1.24. The van der Waals surface area contributed by atoms with Gasteiger partial charge in [0.05, 0.1) is 0 Å². The summed E-state index contributed by atoms with van der Waals surface area (Å²) >= 11 is 0. The molecule has 0 spiro atoms. The van der Waals surface area contributed by atoms with Crippen molar-refractivity contribution in [3.05, 3.63) is 42.1 Å². The van der Waals surface area contributed by atoms with Crippen LogP contribution in [-0.2, 0) is 0 Å². The van der Waals surface area contributed by atoms with Crippen LogP contribution in [0.1, 0.15) is 32.3 Å². The Bertz CT molecular complexity index is 300. The third-order valence-corrected chi connectivity index (χ3v) is 1.93. The molecule has 0 bridgehead atoms. The van der Waals surface area contributed by atoms with E-state index in [1.807, 2.05) is 13.0 Å². The largest absolute Gasteiger partial charge is 0.359 e. The Balaban J connectivity index is 2.97. The smallest absolute Gasteiger partial charge is 0.0416 e. The van der Waals surface area contributed by atoms with Crippen molar-refractivity contribution >= 4 is 5.69 Å². The Morgan fingerprint density at radius 2 is 1.92 bits per heavy atom. The molecule has 0 aliphatic heterocycles. The summed E-state index contributed by atoms with van der Waals surface area (Å²) in [5.41, 5.74) is 3.49. The molecule has 1 aromatic carbocycles. The molecule has 70 valence electrons. The minimum atomic E-state index is 0.544. The summed E-state index contributed by atoms with van der Waals surface area (Å²) in [5, 5.41) is 3.26. The third-order valence-electron chi connectivity index (χ3n) is 1.93. The van der Waals surface area contributed by atoms with Gasteiger partial charge in [-0.25, -0.2) is 0 Å². The molecule has 0 unspecified atom stereocenters. The molecule has 1 rings (SSSR count). The Morgan fingerprint density at radius 1 is 1.31 bits per heavy atom. The van der Waals surface area contributed by atoms with Gasteiger partial charge in [-0.05, 0) is 24.5 Å². The highest BCUT2D eigenvalue weighted by Gasteiger charge is 2.04. The second kappa shape index (κ2) is 4.13. The molecule has 0 radical (unpaired) electrons. The van der Waals surface area contributed by atoms with Crippen molar-refractivity contribution in [1.29, 1.82) is 0 Å². The van der Waals surface area contributed by atoms with Gasteiger partial charge in [-0.15, -0.1) is 0 Å². The summed E-state index contributed by atoms with van der Waals surface area (Å²) in [7, 11) is 0. The predicted octanol–water partition coefficient (Wildman–Crippen LogP) is 3.76. The van der Waals surface area contributed by atoms with E-state index in [0.717, 1.165) is 5.70 Å². The van der Waals surface area contributed by atoms with Crippen LogP contribution >= 0.6 is 0 Å². The fraction of sp³-hybridized carbons (Fsp3) is 0.333. The molecule has 0 saturated heterocycles. The summed E-state index contributed by atoms with van der Waals surface area (Å²) in [6.07, 6.45) is 0. The van der Waals surface area contributed by atoms with Gasteiger partial charge >= 0.3 is 0 Å². The van der Waals surface area contributed by atoms with E-state index in [4.69, 9.17) is 0 Å². The van der Waals surface area contributed by atoms with Crippen LogP contribution in [0, 0.1) is 0 Å². The molecule has 0 aromatic heterocycles.